The number of hydrogen-bond donors (Lipinski definition) is 1. The van der Waals surface area contributed by atoms with E-state index >= 15 is 0 Å². The molecule has 0 aliphatic carbocycles. The summed E-state index contributed by atoms with van der Waals surface area (Å²) < 4.78 is 4.70. The minimum atomic E-state index is 1.05. The number of para-hydroxylation sites is 3. The Hall–Kier alpha value is -6.84. The molecule has 0 saturated carbocycles. The van der Waals surface area contributed by atoms with E-state index in [1.807, 2.05) is 6.08 Å². The molecule has 3 heteroatoms. The number of nitrogens with one attached hydrogen (secondary N) is 1. The Morgan fingerprint density at radius 2 is 1.08 bits per heavy atom. The highest BCUT2D eigenvalue weighted by atomic mass is 15.0. The van der Waals surface area contributed by atoms with Gasteiger partial charge in [0.2, 0.25) is 0 Å². The van der Waals surface area contributed by atoms with Crippen LogP contribution in [0.25, 0.3) is 89.6 Å². The molecule has 3 nitrogen and oxygen atoms in total. The number of nitrogens with zero attached hydrogens (tertiary/aromatic N) is 2. The first kappa shape index (κ1) is 29.1. The lowest BCUT2D eigenvalue weighted by atomic mass is 10.0. The lowest BCUT2D eigenvalue weighted by Crippen LogP contribution is -2.23. The molecule has 0 radical (unpaired) electrons. The van der Waals surface area contributed by atoms with E-state index in [4.69, 9.17) is 0 Å². The van der Waals surface area contributed by atoms with Crippen molar-refractivity contribution in [2.45, 2.75) is 0 Å². The summed E-state index contributed by atoms with van der Waals surface area (Å²) in [4.78, 5) is 0. The van der Waals surface area contributed by atoms with Crippen molar-refractivity contribution in [3.05, 3.63) is 181 Å². The van der Waals surface area contributed by atoms with Gasteiger partial charge >= 0.3 is 0 Å². The van der Waals surface area contributed by atoms with Crippen molar-refractivity contribution in [2.75, 3.05) is 5.32 Å². The van der Waals surface area contributed by atoms with Crippen molar-refractivity contribution >= 4 is 73.0 Å². The number of benzene rings is 7. The van der Waals surface area contributed by atoms with Crippen LogP contribution in [0.5, 0.6) is 0 Å². The van der Waals surface area contributed by atoms with Gasteiger partial charge in [0.1, 0.15) is 0 Å². The van der Waals surface area contributed by atoms with Crippen LogP contribution in [0, 0.1) is 0 Å². The number of aromatic nitrogens is 2. The normalized spacial score (nSPS) is 12.2. The molecule has 0 spiro atoms. The van der Waals surface area contributed by atoms with Crippen LogP contribution in [-0.2, 0) is 0 Å². The average molecular weight is 652 g/mol. The summed E-state index contributed by atoms with van der Waals surface area (Å²) in [6, 6.07) is 56.8. The van der Waals surface area contributed by atoms with Gasteiger partial charge in [-0.1, -0.05) is 116 Å². The maximum Gasteiger partial charge on any atom is 0.0620 e. The molecule has 10 rings (SSSR count). The second-order valence-electron chi connectivity index (χ2n) is 13.2. The summed E-state index contributed by atoms with van der Waals surface area (Å²) in [6.45, 7) is 8.32. The van der Waals surface area contributed by atoms with E-state index in [9.17, 15) is 0 Å². The van der Waals surface area contributed by atoms with Crippen molar-refractivity contribution < 1.29 is 0 Å². The van der Waals surface area contributed by atoms with Gasteiger partial charge in [0.15, 0.2) is 0 Å². The first-order valence-corrected chi connectivity index (χ1v) is 17.3. The molecule has 3 aromatic heterocycles. The first-order chi connectivity index (χ1) is 25.2. The zero-order valence-electron chi connectivity index (χ0n) is 28.0. The molecule has 0 unspecified atom stereocenters. The molecule has 0 saturated heterocycles. The number of fused-ring (bicyclic) bond motifs is 6. The van der Waals surface area contributed by atoms with Gasteiger partial charge in [-0.15, -0.1) is 0 Å². The summed E-state index contributed by atoms with van der Waals surface area (Å²) in [5.74, 6) is 0. The zero-order chi connectivity index (χ0) is 34.1. The minimum Gasteiger partial charge on any atom is -0.356 e. The van der Waals surface area contributed by atoms with Gasteiger partial charge in [0.05, 0.1) is 27.4 Å². The fourth-order valence-electron chi connectivity index (χ4n) is 7.97. The largest absolute Gasteiger partial charge is 0.356 e. The smallest absolute Gasteiger partial charge is 0.0620 e. The fraction of sp³-hybridized carbons (Fsp3) is 0. The lowest BCUT2D eigenvalue weighted by molar-refractivity contribution is 1.18. The van der Waals surface area contributed by atoms with Crippen LogP contribution in [0.1, 0.15) is 0 Å². The maximum atomic E-state index is 4.38. The van der Waals surface area contributed by atoms with E-state index in [2.05, 4.69) is 191 Å². The standard InChI is InChI=1S/C48H33N3/c1-3-10-44-31(2)39-14-9-15-42-43-29-34(22-28-46(43)51(44)48(39)42)32-17-23-36(24-18-32)49-37-25-19-33(20-26-37)35-21-27-41-40-13-7-8-16-45(40)50(47(41)30-35)38-11-5-4-6-12-38/h3-30,49H,1-2H2/b44-10+. The van der Waals surface area contributed by atoms with Crippen molar-refractivity contribution in [1.29, 1.82) is 0 Å². The maximum absolute atomic E-state index is 4.38. The first-order valence-electron chi connectivity index (χ1n) is 17.3. The summed E-state index contributed by atoms with van der Waals surface area (Å²) in [6.07, 6.45) is 3.90. The molecule has 1 N–H and O–H groups in total. The molecule has 0 fully saturated rings. The Balaban J connectivity index is 0.936. The molecule has 0 amide bonds. The number of rotatable bonds is 6. The Morgan fingerprint density at radius 1 is 0.471 bits per heavy atom. The molecule has 240 valence electrons. The molecular formula is C48H33N3. The second-order valence-corrected chi connectivity index (χ2v) is 13.2. The highest BCUT2D eigenvalue weighted by Crippen LogP contribution is 2.36. The Labute approximate surface area is 295 Å². The van der Waals surface area contributed by atoms with Crippen LogP contribution >= 0.6 is 0 Å². The van der Waals surface area contributed by atoms with Crippen LogP contribution in [0.15, 0.2) is 170 Å². The molecule has 0 aliphatic rings. The van der Waals surface area contributed by atoms with Crippen LogP contribution in [0.3, 0.4) is 0 Å². The molecule has 51 heavy (non-hydrogen) atoms. The third-order valence-electron chi connectivity index (χ3n) is 10.4. The van der Waals surface area contributed by atoms with Gasteiger partial charge in [0.25, 0.3) is 0 Å². The highest BCUT2D eigenvalue weighted by molar-refractivity contribution is 6.15. The molecule has 7 aromatic carbocycles. The molecule has 10 aromatic rings. The SMILES string of the molecule is C=C/C=c1\c(=C)c2cccc3c4cc(-c5ccc(Nc6ccc(-c7ccc8c9ccccc9n(-c9ccccc9)c8c7)cc6)cc5)ccc4n1c23. The van der Waals surface area contributed by atoms with Gasteiger partial charge in [-0.3, -0.25) is 0 Å². The van der Waals surface area contributed by atoms with Crippen molar-refractivity contribution in [3.63, 3.8) is 0 Å². The summed E-state index contributed by atoms with van der Waals surface area (Å²) in [7, 11) is 0. The third-order valence-corrected chi connectivity index (χ3v) is 10.4. The average Bonchev–Trinajstić information content (AvgIpc) is 3.80. The van der Waals surface area contributed by atoms with E-state index in [0.717, 1.165) is 21.9 Å². The molecular weight excluding hydrogens is 619 g/mol. The lowest BCUT2D eigenvalue weighted by Gasteiger charge is -2.11. The van der Waals surface area contributed by atoms with Gasteiger partial charge in [-0.05, 0) is 89.0 Å². The van der Waals surface area contributed by atoms with Gasteiger partial charge in [0, 0.05) is 49.2 Å². The van der Waals surface area contributed by atoms with E-state index in [0.29, 0.717) is 0 Å². The van der Waals surface area contributed by atoms with E-state index in [1.165, 1.54) is 76.9 Å². The molecule has 0 aliphatic heterocycles. The highest BCUT2D eigenvalue weighted by Gasteiger charge is 2.16. The van der Waals surface area contributed by atoms with E-state index in [1.54, 1.807) is 0 Å². The van der Waals surface area contributed by atoms with Crippen molar-refractivity contribution in [3.8, 4) is 27.9 Å². The quantitative estimate of drug-likeness (QED) is 0.190. The zero-order valence-corrected chi connectivity index (χ0v) is 28.0. The van der Waals surface area contributed by atoms with Crippen molar-refractivity contribution in [2.24, 2.45) is 0 Å². The number of anilines is 2. The summed E-state index contributed by atoms with van der Waals surface area (Å²) in [5.41, 5.74) is 12.9. The third kappa shape index (κ3) is 4.52. The second kappa shape index (κ2) is 11.4. The number of allylic oxidation sites excluding steroid dienone is 1. The topological polar surface area (TPSA) is 21.4 Å². The Bertz CT molecular complexity index is 3050. The number of hydrogen-bond acceptors (Lipinski definition) is 1. The molecule has 3 heterocycles. The summed E-state index contributed by atoms with van der Waals surface area (Å²) in [5, 5.41) is 11.9. The van der Waals surface area contributed by atoms with Crippen molar-refractivity contribution in [1.82, 2.24) is 8.97 Å². The van der Waals surface area contributed by atoms with Gasteiger partial charge in [-0.2, -0.15) is 0 Å². The van der Waals surface area contributed by atoms with Gasteiger partial charge < -0.3 is 14.3 Å². The predicted octanol–water partition coefficient (Wildman–Crippen LogP) is 11.2. The van der Waals surface area contributed by atoms with Crippen LogP contribution in [0.4, 0.5) is 11.4 Å². The monoisotopic (exact) mass is 651 g/mol. The molecule has 0 atom stereocenters. The van der Waals surface area contributed by atoms with E-state index < -0.39 is 0 Å². The Morgan fingerprint density at radius 3 is 1.82 bits per heavy atom. The Kier molecular flexibility index (Phi) is 6.49. The van der Waals surface area contributed by atoms with Crippen LogP contribution in [-0.4, -0.2) is 8.97 Å². The summed E-state index contributed by atoms with van der Waals surface area (Å²) >= 11 is 0. The minimum absolute atomic E-state index is 1.05. The van der Waals surface area contributed by atoms with E-state index in [-0.39, 0.29) is 0 Å². The van der Waals surface area contributed by atoms with Gasteiger partial charge in [-0.25, -0.2) is 0 Å². The predicted molar refractivity (Wildman–Crippen MR) is 218 cm³/mol. The van der Waals surface area contributed by atoms with Crippen LogP contribution < -0.4 is 15.9 Å². The molecule has 0 bridgehead atoms. The fourth-order valence-corrected chi connectivity index (χ4v) is 7.97. The van der Waals surface area contributed by atoms with Crippen LogP contribution in [0.2, 0.25) is 0 Å².